The molecule has 0 saturated heterocycles. The van der Waals surface area contributed by atoms with Crippen molar-refractivity contribution >= 4 is 46.4 Å². The Morgan fingerprint density at radius 3 is 1.10 bits per heavy atom. The van der Waals surface area contributed by atoms with Crippen LogP contribution in [0.5, 0.6) is 11.5 Å². The Kier molecular flexibility index (Phi) is 9.71. The van der Waals surface area contributed by atoms with Crippen molar-refractivity contribution in [2.45, 2.75) is 6.42 Å². The SMILES string of the molecule is C1=Cc2nc1c(-c1ccccc1)c1ccc([nH]1)c(-c1ccccc1)c1nc(c(-c3cccc(OCCCOc4ccccc4)c3)c3ccc([nH]3)c2-c2ccccc2)C=C1. The molecular formula is C53H40N4O2. The first-order valence-electron chi connectivity index (χ1n) is 20.0. The molecule has 6 heteroatoms. The minimum Gasteiger partial charge on any atom is -0.493 e. The maximum absolute atomic E-state index is 6.32. The molecule has 284 valence electrons. The molecule has 10 rings (SSSR count). The molecule has 0 fully saturated rings. The Labute approximate surface area is 342 Å². The van der Waals surface area contributed by atoms with Gasteiger partial charge >= 0.3 is 0 Å². The van der Waals surface area contributed by atoms with Crippen molar-refractivity contribution in [3.05, 3.63) is 193 Å². The molecule has 59 heavy (non-hydrogen) atoms. The minimum absolute atomic E-state index is 0.526. The van der Waals surface area contributed by atoms with Gasteiger partial charge in [0.05, 0.1) is 36.0 Å². The second-order valence-electron chi connectivity index (χ2n) is 14.5. The fourth-order valence-corrected chi connectivity index (χ4v) is 7.93. The maximum atomic E-state index is 6.32. The van der Waals surface area contributed by atoms with Crippen molar-refractivity contribution in [3.8, 4) is 56.0 Å². The molecular weight excluding hydrogens is 725 g/mol. The lowest BCUT2D eigenvalue weighted by Crippen LogP contribution is -2.05. The molecule has 0 radical (unpaired) electrons. The van der Waals surface area contributed by atoms with E-state index in [2.05, 4.69) is 143 Å². The molecule has 0 saturated carbocycles. The topological polar surface area (TPSA) is 75.8 Å². The highest BCUT2D eigenvalue weighted by atomic mass is 16.5. The van der Waals surface area contributed by atoms with E-state index in [0.717, 1.165) is 107 Å². The molecule has 2 aliphatic rings. The Morgan fingerprint density at radius 1 is 0.339 bits per heavy atom. The average Bonchev–Trinajstić information content (AvgIpc) is 4.14. The van der Waals surface area contributed by atoms with E-state index in [4.69, 9.17) is 19.4 Å². The maximum Gasteiger partial charge on any atom is 0.119 e. The summed E-state index contributed by atoms with van der Waals surface area (Å²) in [5, 5.41) is 0. The van der Waals surface area contributed by atoms with Crippen molar-refractivity contribution in [1.82, 2.24) is 19.9 Å². The predicted octanol–water partition coefficient (Wildman–Crippen LogP) is 13.2. The summed E-state index contributed by atoms with van der Waals surface area (Å²) in [6.07, 6.45) is 9.26. The van der Waals surface area contributed by atoms with Crippen LogP contribution in [0.1, 0.15) is 29.2 Å². The zero-order valence-electron chi connectivity index (χ0n) is 32.3. The van der Waals surface area contributed by atoms with Crippen LogP contribution in [0.15, 0.2) is 170 Å². The normalized spacial score (nSPS) is 11.8. The van der Waals surface area contributed by atoms with Gasteiger partial charge in [-0.15, -0.1) is 0 Å². The van der Waals surface area contributed by atoms with Gasteiger partial charge in [0.2, 0.25) is 0 Å². The van der Waals surface area contributed by atoms with Gasteiger partial charge in [0, 0.05) is 50.7 Å². The van der Waals surface area contributed by atoms with Crippen molar-refractivity contribution < 1.29 is 9.47 Å². The number of benzene rings is 5. The molecule has 6 nitrogen and oxygen atoms in total. The largest absolute Gasteiger partial charge is 0.493 e. The Balaban J connectivity index is 1.20. The van der Waals surface area contributed by atoms with Crippen LogP contribution >= 0.6 is 0 Å². The lowest BCUT2D eigenvalue weighted by atomic mass is 10.0. The molecule has 2 N–H and O–H groups in total. The highest BCUT2D eigenvalue weighted by Gasteiger charge is 2.19. The fourth-order valence-electron chi connectivity index (χ4n) is 7.93. The first kappa shape index (κ1) is 35.7. The van der Waals surface area contributed by atoms with E-state index in [0.29, 0.717) is 13.2 Å². The molecule has 0 spiro atoms. The van der Waals surface area contributed by atoms with Crippen LogP contribution in [-0.4, -0.2) is 33.1 Å². The average molecular weight is 765 g/mol. The molecule has 2 aliphatic heterocycles. The first-order chi connectivity index (χ1) is 29.2. The summed E-state index contributed by atoms with van der Waals surface area (Å²) in [5.41, 5.74) is 15.5. The summed E-state index contributed by atoms with van der Waals surface area (Å²) in [6, 6.07) is 58.2. The van der Waals surface area contributed by atoms with Crippen LogP contribution in [0.4, 0.5) is 0 Å². The molecule has 8 aromatic rings. The van der Waals surface area contributed by atoms with Crippen LogP contribution in [0.25, 0.3) is 90.9 Å². The van der Waals surface area contributed by atoms with Crippen molar-refractivity contribution in [1.29, 1.82) is 0 Å². The third-order valence-corrected chi connectivity index (χ3v) is 10.6. The van der Waals surface area contributed by atoms with E-state index in [1.165, 1.54) is 0 Å². The number of H-pyrrole nitrogens is 2. The molecule has 0 aliphatic carbocycles. The van der Waals surface area contributed by atoms with E-state index in [1.54, 1.807) is 0 Å². The van der Waals surface area contributed by atoms with Gasteiger partial charge in [-0.2, -0.15) is 0 Å². The van der Waals surface area contributed by atoms with Gasteiger partial charge in [-0.3, -0.25) is 0 Å². The number of fused-ring (bicyclic) bond motifs is 8. The smallest absolute Gasteiger partial charge is 0.119 e. The standard InChI is InChI=1S/C53H40N4O2/c1-5-15-36(16-6-1)50-42-25-27-44(54-42)51(37-17-7-2-8-18-37)46-29-31-48(56-46)53(39-21-13-24-41(35-39)59-34-14-33-58-40-22-11-4-12-23-40)49-32-30-47(57-49)52(38-19-9-3-10-20-38)45-28-26-43(50)55-45/h1-13,15-32,35,54,57H,14,33-34H2. The van der Waals surface area contributed by atoms with E-state index in [1.807, 2.05) is 60.7 Å². The van der Waals surface area contributed by atoms with Crippen molar-refractivity contribution in [3.63, 3.8) is 0 Å². The van der Waals surface area contributed by atoms with Gasteiger partial charge < -0.3 is 19.4 Å². The van der Waals surface area contributed by atoms with Crippen LogP contribution in [0, 0.1) is 0 Å². The number of hydrogen-bond acceptors (Lipinski definition) is 4. The van der Waals surface area contributed by atoms with Gasteiger partial charge in [-0.05, 0) is 95.1 Å². The van der Waals surface area contributed by atoms with Gasteiger partial charge in [0.15, 0.2) is 0 Å². The summed E-state index contributed by atoms with van der Waals surface area (Å²) in [4.78, 5) is 18.5. The van der Waals surface area contributed by atoms with Crippen LogP contribution in [0.3, 0.4) is 0 Å². The van der Waals surface area contributed by atoms with Crippen molar-refractivity contribution in [2.75, 3.05) is 13.2 Å². The second kappa shape index (κ2) is 16.0. The number of rotatable bonds is 10. The number of hydrogen-bond donors (Lipinski definition) is 2. The first-order valence-corrected chi connectivity index (χ1v) is 20.0. The molecule has 0 unspecified atom stereocenters. The third kappa shape index (κ3) is 7.36. The summed E-state index contributed by atoms with van der Waals surface area (Å²) >= 11 is 0. The van der Waals surface area contributed by atoms with Gasteiger partial charge in [0.25, 0.3) is 0 Å². The Morgan fingerprint density at radius 2 is 0.678 bits per heavy atom. The number of aromatic amines is 2. The summed E-state index contributed by atoms with van der Waals surface area (Å²) in [7, 11) is 0. The van der Waals surface area contributed by atoms with Crippen molar-refractivity contribution in [2.24, 2.45) is 0 Å². The number of nitrogens with zero attached hydrogens (tertiary/aromatic N) is 2. The van der Waals surface area contributed by atoms with E-state index in [9.17, 15) is 0 Å². The molecule has 5 heterocycles. The highest BCUT2D eigenvalue weighted by molar-refractivity contribution is 5.99. The van der Waals surface area contributed by atoms with Gasteiger partial charge in [-0.25, -0.2) is 9.97 Å². The predicted molar refractivity (Wildman–Crippen MR) is 243 cm³/mol. The van der Waals surface area contributed by atoms with Crippen LogP contribution in [0.2, 0.25) is 0 Å². The van der Waals surface area contributed by atoms with E-state index in [-0.39, 0.29) is 0 Å². The Hall–Kier alpha value is -7.70. The number of ether oxygens (including phenoxy) is 2. The highest BCUT2D eigenvalue weighted by Crippen LogP contribution is 2.38. The number of nitrogens with one attached hydrogen (secondary N) is 2. The van der Waals surface area contributed by atoms with Crippen LogP contribution in [-0.2, 0) is 0 Å². The quantitative estimate of drug-likeness (QED) is 0.136. The molecule has 8 bridgehead atoms. The summed E-state index contributed by atoms with van der Waals surface area (Å²) in [5.74, 6) is 1.64. The zero-order valence-corrected chi connectivity index (χ0v) is 32.3. The summed E-state index contributed by atoms with van der Waals surface area (Å²) < 4.78 is 12.2. The lowest BCUT2D eigenvalue weighted by Gasteiger charge is -2.10. The molecule has 0 atom stereocenters. The van der Waals surface area contributed by atoms with E-state index < -0.39 is 0 Å². The third-order valence-electron chi connectivity index (χ3n) is 10.6. The van der Waals surface area contributed by atoms with E-state index >= 15 is 0 Å². The molecule has 0 amide bonds. The summed E-state index contributed by atoms with van der Waals surface area (Å²) in [6.45, 7) is 1.10. The minimum atomic E-state index is 0.526. The lowest BCUT2D eigenvalue weighted by molar-refractivity contribution is 0.247. The molecule has 3 aromatic heterocycles. The zero-order chi connectivity index (χ0) is 39.4. The number of para-hydroxylation sites is 1. The van der Waals surface area contributed by atoms with Gasteiger partial charge in [-0.1, -0.05) is 121 Å². The van der Waals surface area contributed by atoms with Gasteiger partial charge in [0.1, 0.15) is 11.5 Å². The Bertz CT molecular complexity index is 2970. The fraction of sp³-hybridized carbons (Fsp3) is 0.0566. The van der Waals surface area contributed by atoms with Crippen LogP contribution < -0.4 is 9.47 Å². The monoisotopic (exact) mass is 764 g/mol. The second-order valence-corrected chi connectivity index (χ2v) is 14.5. The molecule has 5 aromatic carbocycles. The number of aromatic nitrogens is 4.